The van der Waals surface area contributed by atoms with Gasteiger partial charge in [-0.15, -0.1) is 0 Å². The summed E-state index contributed by atoms with van der Waals surface area (Å²) in [7, 11) is 3.79. The van der Waals surface area contributed by atoms with Gasteiger partial charge in [-0.05, 0) is 57.0 Å². The highest BCUT2D eigenvalue weighted by atomic mass is 16.5. The Kier molecular flexibility index (Phi) is 7.79. The first kappa shape index (κ1) is 27.2. The van der Waals surface area contributed by atoms with Gasteiger partial charge in [0.2, 0.25) is 0 Å². The largest absolute Gasteiger partial charge is 0.507 e. The van der Waals surface area contributed by atoms with E-state index < -0.39 is 23.7 Å². The van der Waals surface area contributed by atoms with E-state index in [1.165, 1.54) is 4.90 Å². The van der Waals surface area contributed by atoms with Crippen LogP contribution in [0.15, 0.2) is 29.8 Å². The Hall–Kier alpha value is -3.39. The minimum absolute atomic E-state index is 0.0165. The lowest BCUT2D eigenvalue weighted by Crippen LogP contribution is -2.35. The standard InChI is InChI=1S/C28H37N3O5/c1-9-36-27(35)22-16(2)20(17(3)29-22)24(32)21-23(18-10-12-19(13-11-18)28(4,5)6)31(15-14-30(7)8)26(34)25(21)33/h10-13,23,29,32H,9,14-15H2,1-8H3. The first-order valence-corrected chi connectivity index (χ1v) is 12.2. The summed E-state index contributed by atoms with van der Waals surface area (Å²) < 4.78 is 5.12. The van der Waals surface area contributed by atoms with Crippen LogP contribution in [0.2, 0.25) is 0 Å². The third-order valence-corrected chi connectivity index (χ3v) is 6.57. The van der Waals surface area contributed by atoms with Gasteiger partial charge in [0.15, 0.2) is 0 Å². The normalized spacial score (nSPS) is 17.8. The number of aliphatic hydroxyl groups excluding tert-OH is 1. The van der Waals surface area contributed by atoms with Gasteiger partial charge in [0.1, 0.15) is 11.5 Å². The summed E-state index contributed by atoms with van der Waals surface area (Å²) >= 11 is 0. The third kappa shape index (κ3) is 5.09. The number of ether oxygens (including phenoxy) is 1. The van der Waals surface area contributed by atoms with Crippen molar-refractivity contribution in [3.63, 3.8) is 0 Å². The molecule has 1 aliphatic heterocycles. The van der Waals surface area contributed by atoms with Crippen molar-refractivity contribution in [1.82, 2.24) is 14.8 Å². The van der Waals surface area contributed by atoms with Crippen molar-refractivity contribution < 1.29 is 24.2 Å². The number of aromatic amines is 1. The van der Waals surface area contributed by atoms with Crippen molar-refractivity contribution >= 4 is 23.4 Å². The average Bonchev–Trinajstić information content (AvgIpc) is 3.24. The van der Waals surface area contributed by atoms with Gasteiger partial charge in [0, 0.05) is 24.3 Å². The van der Waals surface area contributed by atoms with Crippen molar-refractivity contribution in [3.8, 4) is 0 Å². The van der Waals surface area contributed by atoms with Crippen LogP contribution >= 0.6 is 0 Å². The van der Waals surface area contributed by atoms with E-state index in [1.807, 2.05) is 43.3 Å². The number of ketones is 1. The molecule has 0 aliphatic carbocycles. The zero-order chi connectivity index (χ0) is 26.9. The number of nitrogens with zero attached hydrogens (tertiary/aromatic N) is 2. The molecule has 3 rings (SSSR count). The molecule has 2 N–H and O–H groups in total. The van der Waals surface area contributed by atoms with Gasteiger partial charge in [-0.2, -0.15) is 0 Å². The molecule has 0 spiro atoms. The Morgan fingerprint density at radius 3 is 2.28 bits per heavy atom. The molecule has 1 aromatic carbocycles. The van der Waals surface area contributed by atoms with Crippen LogP contribution in [0.1, 0.15) is 72.2 Å². The maximum atomic E-state index is 13.3. The van der Waals surface area contributed by atoms with E-state index in [4.69, 9.17) is 4.74 Å². The number of likely N-dealkylation sites (N-methyl/N-ethyl adjacent to an activating group) is 1. The van der Waals surface area contributed by atoms with Crippen LogP contribution in [-0.4, -0.2) is 71.3 Å². The van der Waals surface area contributed by atoms with Gasteiger partial charge in [-0.3, -0.25) is 9.59 Å². The Labute approximate surface area is 212 Å². The average molecular weight is 496 g/mol. The molecule has 2 aromatic rings. The number of aromatic nitrogens is 1. The molecule has 1 atom stereocenters. The maximum absolute atomic E-state index is 13.3. The van der Waals surface area contributed by atoms with Crippen molar-refractivity contribution in [2.24, 2.45) is 0 Å². The maximum Gasteiger partial charge on any atom is 0.355 e. The number of H-pyrrole nitrogens is 1. The van der Waals surface area contributed by atoms with Gasteiger partial charge in [-0.25, -0.2) is 4.79 Å². The van der Waals surface area contributed by atoms with Gasteiger partial charge < -0.3 is 24.6 Å². The lowest BCUT2D eigenvalue weighted by molar-refractivity contribution is -0.140. The van der Waals surface area contributed by atoms with Crippen molar-refractivity contribution in [2.75, 3.05) is 33.8 Å². The quantitative estimate of drug-likeness (QED) is 0.260. The molecule has 1 fully saturated rings. The van der Waals surface area contributed by atoms with Crippen LogP contribution in [0.25, 0.3) is 5.76 Å². The fourth-order valence-corrected chi connectivity index (χ4v) is 4.58. The Morgan fingerprint density at radius 2 is 1.75 bits per heavy atom. The summed E-state index contributed by atoms with van der Waals surface area (Å²) in [6.07, 6.45) is 0. The van der Waals surface area contributed by atoms with E-state index in [2.05, 4.69) is 25.8 Å². The van der Waals surface area contributed by atoms with Gasteiger partial charge >= 0.3 is 5.97 Å². The molecule has 0 bridgehead atoms. The number of aryl methyl sites for hydroxylation is 1. The van der Waals surface area contributed by atoms with Crippen LogP contribution in [0.3, 0.4) is 0 Å². The van der Waals surface area contributed by atoms with E-state index in [0.717, 1.165) is 11.1 Å². The zero-order valence-corrected chi connectivity index (χ0v) is 22.5. The molecule has 1 saturated heterocycles. The molecule has 1 amide bonds. The molecule has 0 radical (unpaired) electrons. The summed E-state index contributed by atoms with van der Waals surface area (Å²) in [5, 5.41) is 11.5. The molecule has 8 heteroatoms. The highest BCUT2D eigenvalue weighted by Gasteiger charge is 2.46. The first-order valence-electron chi connectivity index (χ1n) is 12.2. The van der Waals surface area contributed by atoms with Crippen LogP contribution in [0.4, 0.5) is 0 Å². The molecule has 0 saturated carbocycles. The molecule has 194 valence electrons. The second-order valence-electron chi connectivity index (χ2n) is 10.5. The fourth-order valence-electron chi connectivity index (χ4n) is 4.58. The van der Waals surface area contributed by atoms with Gasteiger partial charge in [0.25, 0.3) is 11.7 Å². The molecule has 36 heavy (non-hydrogen) atoms. The summed E-state index contributed by atoms with van der Waals surface area (Å²) in [4.78, 5) is 45.3. The molecule has 1 aliphatic rings. The highest BCUT2D eigenvalue weighted by Crippen LogP contribution is 2.41. The second kappa shape index (κ2) is 10.3. The number of rotatable bonds is 7. The van der Waals surface area contributed by atoms with Crippen molar-refractivity contribution in [3.05, 3.63) is 63.5 Å². The Balaban J connectivity index is 2.20. The number of hydrogen-bond acceptors (Lipinski definition) is 6. The number of nitrogens with one attached hydrogen (secondary N) is 1. The van der Waals surface area contributed by atoms with Crippen LogP contribution in [0, 0.1) is 13.8 Å². The number of carbonyl (C=O) groups excluding carboxylic acids is 3. The number of Topliss-reactive ketones (excluding diaryl/α,β-unsaturated/α-hetero) is 1. The third-order valence-electron chi connectivity index (χ3n) is 6.57. The second-order valence-corrected chi connectivity index (χ2v) is 10.5. The number of carbonyl (C=O) groups is 3. The molecular formula is C28H37N3O5. The Bertz CT molecular complexity index is 1200. The van der Waals surface area contributed by atoms with E-state index in [9.17, 15) is 19.5 Å². The first-order chi connectivity index (χ1) is 16.8. The van der Waals surface area contributed by atoms with E-state index in [-0.39, 0.29) is 29.0 Å². The van der Waals surface area contributed by atoms with Crippen LogP contribution in [0.5, 0.6) is 0 Å². The van der Waals surface area contributed by atoms with E-state index in [1.54, 1.807) is 20.8 Å². The van der Waals surface area contributed by atoms with Crippen molar-refractivity contribution in [2.45, 2.75) is 53.0 Å². The summed E-state index contributed by atoms with van der Waals surface area (Å²) in [5.74, 6) is -2.24. The number of hydrogen-bond donors (Lipinski definition) is 2. The SMILES string of the molecule is CCOC(=O)c1[nH]c(C)c(C(O)=C2C(=O)C(=O)N(CCN(C)C)C2c2ccc(C(C)(C)C)cc2)c1C. The molecule has 2 heterocycles. The zero-order valence-electron chi connectivity index (χ0n) is 22.5. The summed E-state index contributed by atoms with van der Waals surface area (Å²) in [6.45, 7) is 12.5. The topological polar surface area (TPSA) is 103 Å². The lowest BCUT2D eigenvalue weighted by atomic mass is 9.85. The van der Waals surface area contributed by atoms with E-state index in [0.29, 0.717) is 29.9 Å². The predicted molar refractivity (Wildman–Crippen MR) is 139 cm³/mol. The minimum atomic E-state index is -0.751. The molecule has 1 unspecified atom stereocenters. The number of aliphatic hydroxyl groups is 1. The number of esters is 1. The smallest absolute Gasteiger partial charge is 0.355 e. The molecule has 1 aromatic heterocycles. The predicted octanol–water partition coefficient (Wildman–Crippen LogP) is 4.09. The highest BCUT2D eigenvalue weighted by molar-refractivity contribution is 6.46. The molecule has 8 nitrogen and oxygen atoms in total. The minimum Gasteiger partial charge on any atom is -0.507 e. The summed E-state index contributed by atoms with van der Waals surface area (Å²) in [5.41, 5.74) is 3.33. The van der Waals surface area contributed by atoms with Gasteiger partial charge in [-0.1, -0.05) is 45.0 Å². The van der Waals surface area contributed by atoms with Crippen LogP contribution in [-0.2, 0) is 19.7 Å². The lowest BCUT2D eigenvalue weighted by Gasteiger charge is -2.27. The van der Waals surface area contributed by atoms with Gasteiger partial charge in [0.05, 0.1) is 18.2 Å². The fraction of sp³-hybridized carbons (Fsp3) is 0.464. The van der Waals surface area contributed by atoms with Crippen LogP contribution < -0.4 is 0 Å². The van der Waals surface area contributed by atoms with E-state index >= 15 is 0 Å². The number of likely N-dealkylation sites (tertiary alicyclic amines) is 1. The summed E-state index contributed by atoms with van der Waals surface area (Å²) in [6, 6.07) is 7.06. The number of amides is 1. The monoisotopic (exact) mass is 495 g/mol. The molecular weight excluding hydrogens is 458 g/mol. The van der Waals surface area contributed by atoms with Crippen molar-refractivity contribution in [1.29, 1.82) is 0 Å². The number of benzene rings is 1. The Morgan fingerprint density at radius 1 is 1.14 bits per heavy atom.